The van der Waals surface area contributed by atoms with Gasteiger partial charge in [0.25, 0.3) is 5.56 Å². The first-order valence-electron chi connectivity index (χ1n) is 12.2. The summed E-state index contributed by atoms with van der Waals surface area (Å²) in [7, 11) is 3.05. The number of nitrogens with zero attached hydrogens (tertiary/aromatic N) is 1. The molecule has 36 heavy (non-hydrogen) atoms. The molecule has 1 amide bonds. The van der Waals surface area contributed by atoms with Crippen molar-refractivity contribution in [2.75, 3.05) is 27.4 Å². The predicted molar refractivity (Wildman–Crippen MR) is 137 cm³/mol. The third-order valence-corrected chi connectivity index (χ3v) is 6.43. The Morgan fingerprint density at radius 3 is 2.42 bits per heavy atom. The molecule has 2 aromatic carbocycles. The quantitative estimate of drug-likeness (QED) is 0.437. The molecule has 3 aromatic rings. The van der Waals surface area contributed by atoms with E-state index in [0.717, 1.165) is 42.4 Å². The van der Waals surface area contributed by atoms with Gasteiger partial charge in [0, 0.05) is 23.7 Å². The maximum absolute atomic E-state index is 12.9. The molecule has 4 rings (SSSR count). The average molecular weight is 496 g/mol. The van der Waals surface area contributed by atoms with Crippen LogP contribution in [0.1, 0.15) is 43.2 Å². The number of nitrogens with one attached hydrogen (secondary N) is 2. The normalized spacial score (nSPS) is 13.9. The molecule has 9 heteroatoms. The van der Waals surface area contributed by atoms with Crippen LogP contribution in [0.5, 0.6) is 17.2 Å². The fourth-order valence-corrected chi connectivity index (χ4v) is 4.67. The zero-order valence-corrected chi connectivity index (χ0v) is 21.2. The van der Waals surface area contributed by atoms with Crippen LogP contribution in [0.3, 0.4) is 0 Å². The van der Waals surface area contributed by atoms with Gasteiger partial charge < -0.3 is 29.2 Å². The Morgan fingerprint density at radius 1 is 1.03 bits per heavy atom. The second-order valence-corrected chi connectivity index (χ2v) is 9.04. The van der Waals surface area contributed by atoms with Crippen molar-refractivity contribution in [2.45, 2.75) is 52.0 Å². The standard InChI is InChI=1S/C27H33N3O6/c1-16-12-18(25-29-21-14-20(33-3)15-22(34-4)23(21)26(31)30-25)13-17(2)24(16)35-10-11-36-27(32)28-19-8-6-5-7-9-19/h12-15,19H,5-11H2,1-4H3,(H,28,32)(H,29,30,31). The molecular formula is C27H33N3O6. The summed E-state index contributed by atoms with van der Waals surface area (Å²) in [4.78, 5) is 32.4. The van der Waals surface area contributed by atoms with E-state index >= 15 is 0 Å². The molecule has 0 aliphatic heterocycles. The summed E-state index contributed by atoms with van der Waals surface area (Å²) in [5, 5.41) is 3.29. The molecule has 0 radical (unpaired) electrons. The van der Waals surface area contributed by atoms with E-state index in [1.165, 1.54) is 13.5 Å². The largest absolute Gasteiger partial charge is 0.497 e. The van der Waals surface area contributed by atoms with Crippen molar-refractivity contribution in [1.82, 2.24) is 15.3 Å². The molecule has 9 nitrogen and oxygen atoms in total. The third-order valence-electron chi connectivity index (χ3n) is 6.43. The first kappa shape index (κ1) is 25.3. The highest BCUT2D eigenvalue weighted by atomic mass is 16.6. The minimum absolute atomic E-state index is 0.155. The van der Waals surface area contributed by atoms with Crippen molar-refractivity contribution >= 4 is 17.0 Å². The number of hydrogen-bond donors (Lipinski definition) is 2. The highest BCUT2D eigenvalue weighted by Gasteiger charge is 2.17. The van der Waals surface area contributed by atoms with Crippen molar-refractivity contribution in [3.8, 4) is 28.6 Å². The van der Waals surface area contributed by atoms with Gasteiger partial charge in [0.1, 0.15) is 41.7 Å². The minimum atomic E-state index is -0.395. The fourth-order valence-electron chi connectivity index (χ4n) is 4.67. The molecule has 0 bridgehead atoms. The van der Waals surface area contributed by atoms with Crippen LogP contribution in [0, 0.1) is 13.8 Å². The van der Waals surface area contributed by atoms with Crippen LogP contribution in [-0.4, -0.2) is 49.5 Å². The van der Waals surface area contributed by atoms with Gasteiger partial charge in [-0.3, -0.25) is 4.79 Å². The first-order chi connectivity index (χ1) is 17.4. The summed E-state index contributed by atoms with van der Waals surface area (Å²) in [6.07, 6.45) is 5.15. The summed E-state index contributed by atoms with van der Waals surface area (Å²) in [6, 6.07) is 7.38. The van der Waals surface area contributed by atoms with Crippen LogP contribution in [0.4, 0.5) is 4.79 Å². The Bertz CT molecular complexity index is 1270. The lowest BCUT2D eigenvalue weighted by atomic mass is 9.96. The van der Waals surface area contributed by atoms with Gasteiger partial charge in [-0.15, -0.1) is 0 Å². The summed E-state index contributed by atoms with van der Waals surface area (Å²) in [5.41, 5.74) is 2.68. The molecule has 0 saturated heterocycles. The number of alkyl carbamates (subject to hydrolysis) is 1. The molecule has 1 heterocycles. The molecule has 2 N–H and O–H groups in total. The maximum atomic E-state index is 12.9. The number of amides is 1. The monoisotopic (exact) mass is 495 g/mol. The van der Waals surface area contributed by atoms with E-state index in [0.29, 0.717) is 34.0 Å². The molecule has 192 valence electrons. The number of carbonyl (C=O) groups is 1. The van der Waals surface area contributed by atoms with Gasteiger partial charge in [0.05, 0.1) is 19.7 Å². The molecule has 1 aromatic heterocycles. The second-order valence-electron chi connectivity index (χ2n) is 9.04. The number of benzene rings is 2. The summed E-state index contributed by atoms with van der Waals surface area (Å²) in [6.45, 7) is 4.24. The van der Waals surface area contributed by atoms with Crippen LogP contribution < -0.4 is 25.1 Å². The lowest BCUT2D eigenvalue weighted by Gasteiger charge is -2.22. The molecule has 0 spiro atoms. The van der Waals surface area contributed by atoms with E-state index in [2.05, 4.69) is 15.3 Å². The number of methoxy groups -OCH3 is 2. The molecule has 1 fully saturated rings. The van der Waals surface area contributed by atoms with Crippen LogP contribution in [-0.2, 0) is 4.74 Å². The van der Waals surface area contributed by atoms with Gasteiger partial charge in [-0.1, -0.05) is 19.3 Å². The molecule has 1 aliphatic carbocycles. The number of ether oxygens (including phenoxy) is 4. The van der Waals surface area contributed by atoms with Crippen molar-refractivity contribution in [3.63, 3.8) is 0 Å². The lowest BCUT2D eigenvalue weighted by molar-refractivity contribution is 0.119. The van der Waals surface area contributed by atoms with Crippen LogP contribution >= 0.6 is 0 Å². The number of aryl methyl sites for hydroxylation is 2. The van der Waals surface area contributed by atoms with E-state index in [9.17, 15) is 9.59 Å². The summed E-state index contributed by atoms with van der Waals surface area (Å²) in [5.74, 6) is 2.09. The Balaban J connectivity index is 1.45. The zero-order chi connectivity index (χ0) is 25.7. The van der Waals surface area contributed by atoms with Crippen molar-refractivity contribution in [3.05, 3.63) is 45.7 Å². The van der Waals surface area contributed by atoms with E-state index in [1.54, 1.807) is 19.2 Å². The Labute approximate surface area is 210 Å². The van der Waals surface area contributed by atoms with Gasteiger partial charge in [-0.05, 0) is 49.9 Å². The topological polar surface area (TPSA) is 112 Å². The summed E-state index contributed by atoms with van der Waals surface area (Å²) >= 11 is 0. The molecule has 0 unspecified atom stereocenters. The molecule has 1 aliphatic rings. The van der Waals surface area contributed by atoms with E-state index in [-0.39, 0.29) is 24.8 Å². The number of hydrogen-bond acceptors (Lipinski definition) is 7. The zero-order valence-electron chi connectivity index (χ0n) is 21.2. The smallest absolute Gasteiger partial charge is 0.407 e. The molecule has 1 saturated carbocycles. The number of aromatic amines is 1. The minimum Gasteiger partial charge on any atom is -0.497 e. The van der Waals surface area contributed by atoms with Crippen LogP contribution in [0.25, 0.3) is 22.3 Å². The molecule has 0 atom stereocenters. The fraction of sp³-hybridized carbons (Fsp3) is 0.444. The van der Waals surface area contributed by atoms with Gasteiger partial charge >= 0.3 is 6.09 Å². The van der Waals surface area contributed by atoms with Gasteiger partial charge in [-0.2, -0.15) is 0 Å². The summed E-state index contributed by atoms with van der Waals surface area (Å²) < 4.78 is 21.9. The van der Waals surface area contributed by atoms with Crippen LogP contribution in [0.15, 0.2) is 29.1 Å². The highest BCUT2D eigenvalue weighted by Crippen LogP contribution is 2.31. The van der Waals surface area contributed by atoms with E-state index in [1.807, 2.05) is 26.0 Å². The van der Waals surface area contributed by atoms with Crippen molar-refractivity contribution in [2.24, 2.45) is 0 Å². The van der Waals surface area contributed by atoms with Crippen molar-refractivity contribution < 1.29 is 23.7 Å². The number of rotatable bonds is 8. The van der Waals surface area contributed by atoms with Crippen LogP contribution in [0.2, 0.25) is 0 Å². The highest BCUT2D eigenvalue weighted by molar-refractivity contribution is 5.87. The number of aromatic nitrogens is 2. The average Bonchev–Trinajstić information content (AvgIpc) is 2.87. The second kappa shape index (κ2) is 11.3. The number of carbonyl (C=O) groups excluding carboxylic acids is 1. The van der Waals surface area contributed by atoms with Gasteiger partial charge in [0.15, 0.2) is 0 Å². The Hall–Kier alpha value is -3.75. The van der Waals surface area contributed by atoms with Crippen molar-refractivity contribution in [1.29, 1.82) is 0 Å². The first-order valence-corrected chi connectivity index (χ1v) is 12.2. The SMILES string of the molecule is COc1cc(OC)c2c(=O)[nH]c(-c3cc(C)c(OCCOC(=O)NC4CCCCC4)c(C)c3)nc2c1. The predicted octanol–water partition coefficient (Wildman–Crippen LogP) is 4.66. The maximum Gasteiger partial charge on any atom is 0.407 e. The van der Waals surface area contributed by atoms with Gasteiger partial charge in [-0.25, -0.2) is 9.78 Å². The number of H-pyrrole nitrogens is 1. The van der Waals surface area contributed by atoms with Gasteiger partial charge in [0.2, 0.25) is 0 Å². The lowest BCUT2D eigenvalue weighted by Crippen LogP contribution is -2.37. The Kier molecular flexibility index (Phi) is 7.97. The van der Waals surface area contributed by atoms with E-state index in [4.69, 9.17) is 18.9 Å². The Morgan fingerprint density at radius 2 is 1.75 bits per heavy atom. The number of fused-ring (bicyclic) bond motifs is 1. The third kappa shape index (κ3) is 5.72. The van der Waals surface area contributed by atoms with E-state index < -0.39 is 6.09 Å². The molecular weight excluding hydrogens is 462 g/mol.